The van der Waals surface area contributed by atoms with Crippen molar-refractivity contribution >= 4 is 28.5 Å². The van der Waals surface area contributed by atoms with Gasteiger partial charge in [0.05, 0.1) is 11.6 Å². The molecule has 3 heterocycles. The average Bonchev–Trinajstić information content (AvgIpc) is 3.30. The third-order valence-electron chi connectivity index (χ3n) is 8.18. The van der Waals surface area contributed by atoms with E-state index in [4.69, 9.17) is 5.73 Å². The quantitative estimate of drug-likeness (QED) is 0.402. The second kappa shape index (κ2) is 10.0. The summed E-state index contributed by atoms with van der Waals surface area (Å²) in [5.74, 6) is -0.768. The van der Waals surface area contributed by atoms with Crippen molar-refractivity contribution in [1.29, 1.82) is 0 Å². The lowest BCUT2D eigenvalue weighted by atomic mass is 9.67. The minimum Gasteiger partial charge on any atom is -0.361 e. The normalized spacial score (nSPS) is 19.7. The van der Waals surface area contributed by atoms with Gasteiger partial charge in [-0.25, -0.2) is 0 Å². The summed E-state index contributed by atoms with van der Waals surface area (Å²) in [4.78, 5) is 45.6. The smallest absolute Gasteiger partial charge is 0.240 e. The number of Topliss-reactive ketones (excluding diaryl/α,β-unsaturated/α-hetero) is 1. The molecule has 2 aromatic carbocycles. The minimum absolute atomic E-state index is 0.146. The van der Waals surface area contributed by atoms with Crippen LogP contribution < -0.4 is 16.4 Å². The third kappa shape index (κ3) is 4.74. The van der Waals surface area contributed by atoms with Crippen LogP contribution in [0.1, 0.15) is 56.3 Å². The lowest BCUT2D eigenvalue weighted by Crippen LogP contribution is -2.59. The van der Waals surface area contributed by atoms with Gasteiger partial charge < -0.3 is 26.3 Å². The molecule has 2 aliphatic rings. The van der Waals surface area contributed by atoms with E-state index in [1.165, 1.54) is 6.92 Å². The van der Waals surface area contributed by atoms with Crippen LogP contribution in [0, 0.1) is 0 Å². The lowest BCUT2D eigenvalue weighted by molar-refractivity contribution is -0.142. The highest BCUT2D eigenvalue weighted by Gasteiger charge is 2.48. The van der Waals surface area contributed by atoms with Crippen molar-refractivity contribution in [1.82, 2.24) is 20.5 Å². The number of carbonyl (C=O) groups is 3. The molecule has 2 atom stereocenters. The maximum Gasteiger partial charge on any atom is 0.240 e. The van der Waals surface area contributed by atoms with E-state index in [2.05, 4.69) is 21.7 Å². The fourth-order valence-electron chi connectivity index (χ4n) is 6.10. The zero-order valence-corrected chi connectivity index (χ0v) is 22.3. The van der Waals surface area contributed by atoms with Gasteiger partial charge in [-0.05, 0) is 62.5 Å². The standard InChI is InChI=1S/C30H37N5O3/c1-19(36)35-18-30(12-14-32-15-13-30)23-10-6-4-9-22(23)26(35)27(37)25(34-28(38)29(2,3)31)16-20-17-33-24-11-7-5-8-21(20)24/h4-11,17,25-26,32-33H,12-16,18,31H2,1-3H3,(H,34,38)/t25-,26?/m1/s1. The highest BCUT2D eigenvalue weighted by Crippen LogP contribution is 2.45. The van der Waals surface area contributed by atoms with E-state index in [-0.39, 0.29) is 23.5 Å². The van der Waals surface area contributed by atoms with Gasteiger partial charge in [-0.3, -0.25) is 14.4 Å². The number of fused-ring (bicyclic) bond motifs is 3. The van der Waals surface area contributed by atoms with Crippen molar-refractivity contribution in [3.8, 4) is 0 Å². The van der Waals surface area contributed by atoms with E-state index in [1.54, 1.807) is 18.7 Å². The second-order valence-corrected chi connectivity index (χ2v) is 11.4. The van der Waals surface area contributed by atoms with Gasteiger partial charge in [0.25, 0.3) is 0 Å². The number of nitrogens with two attached hydrogens (primary N) is 1. The van der Waals surface area contributed by atoms with Crippen LogP contribution in [0.3, 0.4) is 0 Å². The Labute approximate surface area is 223 Å². The molecule has 0 bridgehead atoms. The summed E-state index contributed by atoms with van der Waals surface area (Å²) in [6.45, 7) is 6.97. The predicted molar refractivity (Wildman–Crippen MR) is 148 cm³/mol. The molecule has 1 fully saturated rings. The number of rotatable bonds is 6. The van der Waals surface area contributed by atoms with Crippen molar-refractivity contribution < 1.29 is 14.4 Å². The number of aromatic nitrogens is 1. The summed E-state index contributed by atoms with van der Waals surface area (Å²) in [5.41, 5.74) is 8.62. The zero-order valence-electron chi connectivity index (χ0n) is 22.3. The molecule has 200 valence electrons. The summed E-state index contributed by atoms with van der Waals surface area (Å²) in [5, 5.41) is 7.36. The van der Waals surface area contributed by atoms with Crippen LogP contribution >= 0.6 is 0 Å². The molecule has 5 N–H and O–H groups in total. The van der Waals surface area contributed by atoms with Crippen LogP contribution in [0.5, 0.6) is 0 Å². The molecule has 2 amide bonds. The first-order valence-corrected chi connectivity index (χ1v) is 13.4. The van der Waals surface area contributed by atoms with Crippen molar-refractivity contribution in [2.24, 2.45) is 5.73 Å². The second-order valence-electron chi connectivity index (χ2n) is 11.4. The van der Waals surface area contributed by atoms with Crippen molar-refractivity contribution in [2.45, 2.75) is 63.1 Å². The van der Waals surface area contributed by atoms with E-state index in [9.17, 15) is 14.4 Å². The number of para-hydroxylation sites is 1. The molecule has 1 aromatic heterocycles. The monoisotopic (exact) mass is 515 g/mol. The van der Waals surface area contributed by atoms with E-state index in [0.717, 1.165) is 53.5 Å². The Morgan fingerprint density at radius 1 is 1.11 bits per heavy atom. The Bertz CT molecular complexity index is 1370. The molecule has 1 spiro atoms. The molecule has 0 saturated carbocycles. The van der Waals surface area contributed by atoms with Gasteiger partial charge in [0.15, 0.2) is 5.78 Å². The van der Waals surface area contributed by atoms with Crippen LogP contribution in [0.2, 0.25) is 0 Å². The number of ketones is 1. The summed E-state index contributed by atoms with van der Waals surface area (Å²) < 4.78 is 0. The highest BCUT2D eigenvalue weighted by atomic mass is 16.2. The number of hydrogen-bond acceptors (Lipinski definition) is 5. The Hall–Kier alpha value is -3.49. The number of hydrogen-bond donors (Lipinski definition) is 4. The van der Waals surface area contributed by atoms with Gasteiger partial charge in [0.2, 0.25) is 11.8 Å². The number of piperidine rings is 1. The Morgan fingerprint density at radius 3 is 2.50 bits per heavy atom. The first kappa shape index (κ1) is 26.1. The lowest BCUT2D eigenvalue weighted by Gasteiger charge is -2.50. The Morgan fingerprint density at radius 2 is 1.79 bits per heavy atom. The van der Waals surface area contributed by atoms with Crippen molar-refractivity contribution in [3.05, 3.63) is 71.4 Å². The number of H-pyrrole nitrogens is 1. The van der Waals surface area contributed by atoms with E-state index >= 15 is 0 Å². The van der Waals surface area contributed by atoms with Gasteiger partial charge in [0, 0.05) is 42.4 Å². The Balaban J connectivity index is 1.58. The molecule has 8 nitrogen and oxygen atoms in total. The third-order valence-corrected chi connectivity index (χ3v) is 8.18. The molecule has 1 unspecified atom stereocenters. The minimum atomic E-state index is -1.16. The number of aromatic amines is 1. The first-order valence-electron chi connectivity index (χ1n) is 13.4. The molecule has 3 aromatic rings. The van der Waals surface area contributed by atoms with E-state index < -0.39 is 23.5 Å². The fraction of sp³-hybridized carbons (Fsp3) is 0.433. The van der Waals surface area contributed by atoms with Crippen molar-refractivity contribution in [2.75, 3.05) is 19.6 Å². The summed E-state index contributed by atoms with van der Waals surface area (Å²) >= 11 is 0. The zero-order chi connectivity index (χ0) is 27.1. The molecule has 0 aliphatic carbocycles. The molecular weight excluding hydrogens is 478 g/mol. The van der Waals surface area contributed by atoms with Crippen LogP contribution in [-0.2, 0) is 26.2 Å². The summed E-state index contributed by atoms with van der Waals surface area (Å²) in [6.07, 6.45) is 3.95. The number of nitrogens with zero attached hydrogens (tertiary/aromatic N) is 1. The molecule has 1 saturated heterocycles. The number of amides is 2. The maximum absolute atomic E-state index is 14.5. The van der Waals surface area contributed by atoms with Gasteiger partial charge in [-0.15, -0.1) is 0 Å². The number of benzene rings is 2. The van der Waals surface area contributed by atoms with Crippen LogP contribution in [0.15, 0.2) is 54.7 Å². The topological polar surface area (TPSA) is 120 Å². The van der Waals surface area contributed by atoms with E-state index in [0.29, 0.717) is 6.54 Å². The molecule has 0 radical (unpaired) electrons. The number of carbonyl (C=O) groups excluding carboxylic acids is 3. The largest absolute Gasteiger partial charge is 0.361 e. The summed E-state index contributed by atoms with van der Waals surface area (Å²) in [7, 11) is 0. The average molecular weight is 516 g/mol. The first-order chi connectivity index (χ1) is 18.1. The summed E-state index contributed by atoms with van der Waals surface area (Å²) in [6, 6.07) is 14.2. The molecule has 8 heteroatoms. The van der Waals surface area contributed by atoms with Crippen LogP contribution in [0.25, 0.3) is 10.9 Å². The predicted octanol–water partition coefficient (Wildman–Crippen LogP) is 2.73. The van der Waals surface area contributed by atoms with Crippen LogP contribution in [0.4, 0.5) is 0 Å². The van der Waals surface area contributed by atoms with Gasteiger partial charge in [-0.1, -0.05) is 42.5 Å². The molecular formula is C30H37N5O3. The van der Waals surface area contributed by atoms with Gasteiger partial charge in [-0.2, -0.15) is 0 Å². The van der Waals surface area contributed by atoms with Crippen LogP contribution in [-0.4, -0.2) is 58.7 Å². The molecule has 38 heavy (non-hydrogen) atoms. The number of nitrogens with one attached hydrogen (secondary N) is 3. The molecule has 2 aliphatic heterocycles. The Kier molecular flexibility index (Phi) is 6.88. The van der Waals surface area contributed by atoms with E-state index in [1.807, 2.05) is 48.7 Å². The van der Waals surface area contributed by atoms with Gasteiger partial charge in [0.1, 0.15) is 6.04 Å². The SMILES string of the molecule is CC(=O)N1CC2(CCNCC2)c2ccccc2C1C(=O)[C@@H](Cc1c[nH]c2ccccc12)NC(=O)C(C)(C)N. The van der Waals surface area contributed by atoms with Gasteiger partial charge >= 0.3 is 0 Å². The maximum atomic E-state index is 14.5. The van der Waals surface area contributed by atoms with Crippen molar-refractivity contribution in [3.63, 3.8) is 0 Å². The highest BCUT2D eigenvalue weighted by molar-refractivity contribution is 5.98. The molecule has 5 rings (SSSR count). The fourth-order valence-corrected chi connectivity index (χ4v) is 6.10.